The van der Waals surface area contributed by atoms with Gasteiger partial charge in [0.1, 0.15) is 13.1 Å². The lowest BCUT2D eigenvalue weighted by molar-refractivity contribution is -0.890. The maximum absolute atomic E-state index is 8.53. The second-order valence-electron chi connectivity index (χ2n) is 10.2. The van der Waals surface area contributed by atoms with Crippen molar-refractivity contribution in [2.24, 2.45) is 0 Å². The zero-order valence-electron chi connectivity index (χ0n) is 23.1. The first-order chi connectivity index (χ1) is 15.5. The van der Waals surface area contributed by atoms with Crippen LogP contribution in [0.4, 0.5) is 0 Å². The molecule has 0 aliphatic rings. The molecule has 0 radical (unpaired) electrons. The van der Waals surface area contributed by atoms with Gasteiger partial charge in [-0.1, -0.05) is 122 Å². The first-order valence-electron chi connectivity index (χ1n) is 14.2. The van der Waals surface area contributed by atoms with E-state index < -0.39 is 0 Å². The Morgan fingerprint density at radius 3 is 1.03 bits per heavy atom. The smallest absolute Gasteiger partial charge is 0.102 e. The lowest BCUT2D eigenvalue weighted by atomic mass is 10.1. The fourth-order valence-corrected chi connectivity index (χ4v) is 3.86. The third-order valence-corrected chi connectivity index (χ3v) is 6.28. The van der Waals surface area contributed by atoms with E-state index >= 15 is 0 Å². The highest BCUT2D eigenvalue weighted by Gasteiger charge is 2.11. The molecule has 0 spiro atoms. The van der Waals surface area contributed by atoms with Gasteiger partial charge in [-0.05, 0) is 25.7 Å². The van der Waals surface area contributed by atoms with Crippen LogP contribution < -0.4 is 12.4 Å². The fraction of sp³-hybridized carbons (Fsp3) is 0.931. The molecule has 202 valence electrons. The molecule has 0 amide bonds. The van der Waals surface area contributed by atoms with Gasteiger partial charge in [0.05, 0.1) is 27.3 Å². The first-order valence-corrected chi connectivity index (χ1v) is 14.2. The topological polar surface area (TPSA) is 40.5 Å². The Morgan fingerprint density at radius 1 is 0.485 bits per heavy atom. The number of quaternary nitrogens is 1. The van der Waals surface area contributed by atoms with Crippen LogP contribution in [0.3, 0.4) is 0 Å². The van der Waals surface area contributed by atoms with Crippen LogP contribution in [-0.4, -0.2) is 55.1 Å². The zero-order valence-corrected chi connectivity index (χ0v) is 23.9. The molecule has 3 nitrogen and oxygen atoms in total. The number of likely N-dealkylation sites (N-methyl/N-ethyl adjacent to an activating group) is 1. The number of halogens is 1. The predicted octanol–water partition coefficient (Wildman–Crippen LogP) is 5.05. The summed E-state index contributed by atoms with van der Waals surface area (Å²) in [5, 5.41) is 17.1. The number of aliphatic hydroxyl groups is 2. The largest absolute Gasteiger partial charge is 1.00 e. The molecule has 0 fully saturated rings. The molecule has 0 saturated carbocycles. The van der Waals surface area contributed by atoms with Crippen molar-refractivity contribution < 1.29 is 27.1 Å². The van der Waals surface area contributed by atoms with E-state index in [1.54, 1.807) is 0 Å². The number of hydrogen-bond donors (Lipinski definition) is 2. The van der Waals surface area contributed by atoms with Gasteiger partial charge in [-0.25, -0.2) is 0 Å². The minimum absolute atomic E-state index is 0. The fourth-order valence-electron chi connectivity index (χ4n) is 3.86. The molecule has 0 aromatic rings. The lowest BCUT2D eigenvalue weighted by Crippen LogP contribution is -3.00. The molecule has 0 aromatic carbocycles. The summed E-state index contributed by atoms with van der Waals surface area (Å²) in [6, 6.07) is 0. The number of allylic oxidation sites excluding steroid dienone is 2. The van der Waals surface area contributed by atoms with Crippen molar-refractivity contribution in [3.05, 3.63) is 12.2 Å². The number of hydrogen-bond acceptors (Lipinski definition) is 2. The normalized spacial score (nSPS) is 11.3. The van der Waals surface area contributed by atoms with Crippen LogP contribution in [-0.2, 0) is 0 Å². The van der Waals surface area contributed by atoms with Gasteiger partial charge in [0, 0.05) is 0 Å². The number of nitrogens with zero attached hydrogens (tertiary/aromatic N) is 1. The summed E-state index contributed by atoms with van der Waals surface area (Å²) in [5.41, 5.74) is 0. The number of aliphatic hydroxyl groups excluding tert-OH is 2. The summed E-state index contributed by atoms with van der Waals surface area (Å²) in [7, 11) is 3.96. The van der Waals surface area contributed by atoms with Gasteiger partial charge in [0.25, 0.3) is 0 Å². The standard InChI is InChI=1S/C23H46.C6H16NO2.ClH/c1-3-5-7-9-11-13-15-17-19-21-23-22-20-18-16-14-12-10-8-6-4-2;1-7(2,3-5-8)4-6-9;/h17,19H,3-16,18,20-23H2,1-2H3;8-9H,3-6H2,1-2H3;1H/q;+1;/p-1/b19-17-;;. The van der Waals surface area contributed by atoms with Crippen molar-refractivity contribution in [1.29, 1.82) is 0 Å². The summed E-state index contributed by atoms with van der Waals surface area (Å²) >= 11 is 0. The van der Waals surface area contributed by atoms with Crippen molar-refractivity contribution in [2.75, 3.05) is 40.4 Å². The summed E-state index contributed by atoms with van der Waals surface area (Å²) in [4.78, 5) is 0. The van der Waals surface area contributed by atoms with Gasteiger partial charge < -0.3 is 27.1 Å². The summed E-state index contributed by atoms with van der Waals surface area (Å²) in [6.07, 6.45) is 31.9. The van der Waals surface area contributed by atoms with Crippen molar-refractivity contribution in [3.8, 4) is 0 Å². The summed E-state index contributed by atoms with van der Waals surface area (Å²) < 4.78 is 0.688. The monoisotopic (exact) mass is 491 g/mol. The third-order valence-electron chi connectivity index (χ3n) is 6.28. The molecular formula is C29H62ClNO2. The zero-order chi connectivity index (χ0) is 24.2. The highest BCUT2D eigenvalue weighted by Crippen LogP contribution is 2.12. The highest BCUT2D eigenvalue weighted by atomic mass is 35.5. The molecule has 0 atom stereocenters. The molecule has 0 unspecified atom stereocenters. The van der Waals surface area contributed by atoms with Gasteiger partial charge in [0.15, 0.2) is 0 Å². The lowest BCUT2D eigenvalue weighted by Gasteiger charge is -2.27. The first kappa shape index (κ1) is 37.5. The van der Waals surface area contributed by atoms with Crippen molar-refractivity contribution in [2.45, 2.75) is 136 Å². The number of rotatable bonds is 23. The second-order valence-corrected chi connectivity index (χ2v) is 10.2. The van der Waals surface area contributed by atoms with Gasteiger partial charge in [-0.3, -0.25) is 0 Å². The number of unbranched alkanes of at least 4 members (excludes halogenated alkanes) is 17. The average Bonchev–Trinajstić information content (AvgIpc) is 2.76. The predicted molar refractivity (Wildman–Crippen MR) is 144 cm³/mol. The Hall–Kier alpha value is -0.0900. The van der Waals surface area contributed by atoms with Crippen LogP contribution in [0.15, 0.2) is 12.2 Å². The minimum Gasteiger partial charge on any atom is -1.00 e. The van der Waals surface area contributed by atoms with E-state index in [4.69, 9.17) is 10.2 Å². The molecule has 0 saturated heterocycles. The molecule has 0 aliphatic heterocycles. The Kier molecular flexibility index (Phi) is 36.2. The quantitative estimate of drug-likeness (QED) is 0.119. The van der Waals surface area contributed by atoms with Gasteiger partial charge in [-0.2, -0.15) is 0 Å². The Labute approximate surface area is 215 Å². The van der Waals surface area contributed by atoms with Crippen molar-refractivity contribution >= 4 is 0 Å². The molecule has 2 N–H and O–H groups in total. The van der Waals surface area contributed by atoms with E-state index in [-0.39, 0.29) is 25.6 Å². The van der Waals surface area contributed by atoms with E-state index in [0.29, 0.717) is 17.6 Å². The molecule has 4 heteroatoms. The van der Waals surface area contributed by atoms with Crippen LogP contribution >= 0.6 is 0 Å². The minimum atomic E-state index is 0. The van der Waals surface area contributed by atoms with Gasteiger partial charge in [0.2, 0.25) is 0 Å². The van der Waals surface area contributed by atoms with Crippen LogP contribution in [0, 0.1) is 0 Å². The molecule has 0 bridgehead atoms. The van der Waals surface area contributed by atoms with Gasteiger partial charge >= 0.3 is 0 Å². The Balaban J connectivity index is -0.000000760. The van der Waals surface area contributed by atoms with E-state index in [9.17, 15) is 0 Å². The van der Waals surface area contributed by atoms with E-state index in [0.717, 1.165) is 0 Å². The molecule has 0 rings (SSSR count). The van der Waals surface area contributed by atoms with Crippen LogP contribution in [0.2, 0.25) is 0 Å². The summed E-state index contributed by atoms with van der Waals surface area (Å²) in [6.45, 7) is 6.38. The van der Waals surface area contributed by atoms with E-state index in [1.165, 1.54) is 122 Å². The second kappa shape index (κ2) is 31.9. The maximum Gasteiger partial charge on any atom is 0.102 e. The molecule has 33 heavy (non-hydrogen) atoms. The molecular weight excluding hydrogens is 430 g/mol. The van der Waals surface area contributed by atoms with E-state index in [1.807, 2.05) is 14.1 Å². The summed E-state index contributed by atoms with van der Waals surface area (Å²) in [5.74, 6) is 0. The SMILES string of the molecule is CCCCCCCC/C=C\CCCCCCCCCCCCC.C[N+](C)(CCO)CCO.[Cl-]. The Morgan fingerprint density at radius 2 is 0.758 bits per heavy atom. The Bertz CT molecular complexity index is 354. The van der Waals surface area contributed by atoms with E-state index in [2.05, 4.69) is 26.0 Å². The molecule has 0 aliphatic carbocycles. The average molecular weight is 492 g/mol. The molecule has 0 aromatic heterocycles. The molecule has 0 heterocycles. The maximum atomic E-state index is 8.53. The van der Waals surface area contributed by atoms with Crippen molar-refractivity contribution in [1.82, 2.24) is 0 Å². The van der Waals surface area contributed by atoms with Crippen LogP contribution in [0.25, 0.3) is 0 Å². The van der Waals surface area contributed by atoms with Crippen LogP contribution in [0.5, 0.6) is 0 Å². The van der Waals surface area contributed by atoms with Crippen molar-refractivity contribution in [3.63, 3.8) is 0 Å². The highest BCUT2D eigenvalue weighted by molar-refractivity contribution is 4.81. The third kappa shape index (κ3) is 36.6. The van der Waals surface area contributed by atoms with Crippen LogP contribution in [0.1, 0.15) is 136 Å². The van der Waals surface area contributed by atoms with Gasteiger partial charge in [-0.15, -0.1) is 0 Å².